The quantitative estimate of drug-likeness (QED) is 0.791. The summed E-state index contributed by atoms with van der Waals surface area (Å²) in [5, 5.41) is 0. The second-order valence-corrected chi connectivity index (χ2v) is 6.16. The molecular weight excluding hydrogens is 272 g/mol. The maximum Gasteiger partial charge on any atom is 0.279 e. The van der Waals surface area contributed by atoms with Gasteiger partial charge in [0, 0.05) is 0 Å². The Balaban J connectivity index is 2.38. The van der Waals surface area contributed by atoms with Crippen molar-refractivity contribution in [2.24, 2.45) is 0 Å². The van der Waals surface area contributed by atoms with Crippen LogP contribution in [0.4, 0.5) is 8.78 Å². The van der Waals surface area contributed by atoms with E-state index in [9.17, 15) is 22.0 Å². The second-order valence-electron chi connectivity index (χ2n) is 3.22. The molecule has 0 saturated heterocycles. The summed E-state index contributed by atoms with van der Waals surface area (Å²) in [5.74, 6) is -1.51. The van der Waals surface area contributed by atoms with E-state index in [0.717, 1.165) is 0 Å². The highest BCUT2D eigenvalue weighted by Gasteiger charge is 2.41. The van der Waals surface area contributed by atoms with Crippen LogP contribution in [0.15, 0.2) is 29.2 Å². The van der Waals surface area contributed by atoms with Gasteiger partial charge in [-0.25, -0.2) is 17.2 Å². The molecule has 0 fully saturated rings. The van der Waals surface area contributed by atoms with Gasteiger partial charge in [-0.15, -0.1) is 0 Å². The third-order valence-electron chi connectivity index (χ3n) is 2.10. The molecular formula is C9H7F2NO3S2. The van der Waals surface area contributed by atoms with E-state index < -0.39 is 28.1 Å². The smallest absolute Gasteiger partial charge is 0.267 e. The standard InChI is InChI=1S/C9H7F2NO3S2/c10-8(11)5-16-12-9(13)6-3-1-2-4-7(6)17(12,14)15/h1-4,8H,5H2. The molecule has 0 aromatic heterocycles. The summed E-state index contributed by atoms with van der Waals surface area (Å²) in [4.78, 5) is 11.6. The highest BCUT2D eigenvalue weighted by atomic mass is 32.3. The molecule has 0 spiro atoms. The summed E-state index contributed by atoms with van der Waals surface area (Å²) >= 11 is 0.310. The molecule has 1 aromatic rings. The van der Waals surface area contributed by atoms with Crippen molar-refractivity contribution in [1.82, 2.24) is 3.71 Å². The van der Waals surface area contributed by atoms with Gasteiger partial charge < -0.3 is 0 Å². The van der Waals surface area contributed by atoms with Crippen LogP contribution in [0.25, 0.3) is 0 Å². The molecule has 1 amide bonds. The molecule has 0 unspecified atom stereocenters. The predicted molar refractivity (Wildman–Crippen MR) is 58.3 cm³/mol. The van der Waals surface area contributed by atoms with Crippen LogP contribution < -0.4 is 0 Å². The number of amides is 1. The SMILES string of the molecule is O=C1c2ccccc2S(=O)(=O)N1SCC(F)F. The molecule has 0 bridgehead atoms. The van der Waals surface area contributed by atoms with Crippen molar-refractivity contribution >= 4 is 27.9 Å². The Kier molecular flexibility index (Phi) is 3.09. The van der Waals surface area contributed by atoms with E-state index in [1.165, 1.54) is 24.3 Å². The van der Waals surface area contributed by atoms with Gasteiger partial charge in [0.15, 0.2) is 0 Å². The van der Waals surface area contributed by atoms with Gasteiger partial charge in [-0.2, -0.15) is 3.71 Å². The molecule has 4 nitrogen and oxygen atoms in total. The van der Waals surface area contributed by atoms with Crippen molar-refractivity contribution in [1.29, 1.82) is 0 Å². The molecule has 92 valence electrons. The zero-order chi connectivity index (χ0) is 12.6. The zero-order valence-electron chi connectivity index (χ0n) is 8.34. The maximum absolute atomic E-state index is 12.0. The molecule has 2 rings (SSSR count). The van der Waals surface area contributed by atoms with Crippen molar-refractivity contribution in [3.8, 4) is 0 Å². The normalized spacial score (nSPS) is 17.6. The van der Waals surface area contributed by atoms with Gasteiger partial charge >= 0.3 is 0 Å². The Morgan fingerprint density at radius 3 is 2.53 bits per heavy atom. The minimum absolute atomic E-state index is 0.0225. The van der Waals surface area contributed by atoms with Gasteiger partial charge in [0.25, 0.3) is 15.9 Å². The van der Waals surface area contributed by atoms with E-state index in [4.69, 9.17) is 0 Å². The van der Waals surface area contributed by atoms with E-state index in [1.807, 2.05) is 0 Å². The first-order valence-corrected chi connectivity index (χ1v) is 6.92. The molecule has 0 saturated carbocycles. The zero-order valence-corrected chi connectivity index (χ0v) is 9.97. The monoisotopic (exact) mass is 279 g/mol. The number of hydrogen-bond acceptors (Lipinski definition) is 4. The number of nitrogens with zero attached hydrogens (tertiary/aromatic N) is 1. The van der Waals surface area contributed by atoms with Crippen LogP contribution in [-0.2, 0) is 10.0 Å². The maximum atomic E-state index is 12.0. The average Bonchev–Trinajstić information content (AvgIpc) is 2.46. The van der Waals surface area contributed by atoms with E-state index >= 15 is 0 Å². The highest BCUT2D eigenvalue weighted by molar-refractivity contribution is 8.09. The first-order valence-electron chi connectivity index (χ1n) is 4.54. The number of alkyl halides is 2. The van der Waals surface area contributed by atoms with Gasteiger partial charge in [-0.3, -0.25) is 4.79 Å². The lowest BCUT2D eigenvalue weighted by Crippen LogP contribution is -2.24. The lowest BCUT2D eigenvalue weighted by Gasteiger charge is -2.12. The number of carbonyl (C=O) groups excluding carboxylic acids is 1. The average molecular weight is 279 g/mol. The molecule has 0 atom stereocenters. The molecule has 0 N–H and O–H groups in total. The topological polar surface area (TPSA) is 54.5 Å². The minimum Gasteiger partial charge on any atom is -0.267 e. The molecule has 1 aliphatic heterocycles. The van der Waals surface area contributed by atoms with Crippen LogP contribution in [0.2, 0.25) is 0 Å². The second kappa shape index (κ2) is 4.26. The van der Waals surface area contributed by atoms with Crippen LogP contribution in [0, 0.1) is 0 Å². The largest absolute Gasteiger partial charge is 0.279 e. The van der Waals surface area contributed by atoms with Crippen molar-refractivity contribution in [3.63, 3.8) is 0 Å². The number of rotatable bonds is 3. The number of benzene rings is 1. The molecule has 1 aromatic carbocycles. The fourth-order valence-corrected chi connectivity index (χ4v) is 4.04. The van der Waals surface area contributed by atoms with Gasteiger partial charge in [0.05, 0.1) is 11.3 Å². The Morgan fingerprint density at radius 1 is 1.29 bits per heavy atom. The van der Waals surface area contributed by atoms with Crippen LogP contribution in [0.1, 0.15) is 10.4 Å². The summed E-state index contributed by atoms with van der Waals surface area (Å²) in [7, 11) is -3.98. The third kappa shape index (κ3) is 2.02. The van der Waals surface area contributed by atoms with Gasteiger partial charge in [0.2, 0.25) is 6.43 Å². The fourth-order valence-electron chi connectivity index (χ4n) is 1.42. The van der Waals surface area contributed by atoms with Crippen LogP contribution in [0.3, 0.4) is 0 Å². The molecule has 0 aliphatic carbocycles. The van der Waals surface area contributed by atoms with Crippen molar-refractivity contribution < 1.29 is 22.0 Å². The van der Waals surface area contributed by atoms with Gasteiger partial charge in [-0.1, -0.05) is 12.1 Å². The van der Waals surface area contributed by atoms with Crippen LogP contribution in [0.5, 0.6) is 0 Å². The third-order valence-corrected chi connectivity index (χ3v) is 5.32. The highest BCUT2D eigenvalue weighted by Crippen LogP contribution is 2.35. The van der Waals surface area contributed by atoms with E-state index in [2.05, 4.69) is 0 Å². The lowest BCUT2D eigenvalue weighted by molar-refractivity contribution is 0.0933. The molecule has 0 radical (unpaired) electrons. The lowest BCUT2D eigenvalue weighted by atomic mass is 10.2. The Bertz CT molecular complexity index is 559. The van der Waals surface area contributed by atoms with Crippen molar-refractivity contribution in [2.75, 3.05) is 5.75 Å². The number of carbonyl (C=O) groups is 1. The summed E-state index contributed by atoms with van der Waals surface area (Å²) in [6.45, 7) is 0. The summed E-state index contributed by atoms with van der Waals surface area (Å²) < 4.78 is 48.2. The molecule has 1 heterocycles. The first kappa shape index (κ1) is 12.3. The summed E-state index contributed by atoms with van der Waals surface area (Å²) in [6.07, 6.45) is -2.67. The Morgan fingerprint density at radius 2 is 1.94 bits per heavy atom. The first-order chi connectivity index (χ1) is 7.94. The van der Waals surface area contributed by atoms with E-state index in [0.29, 0.717) is 15.7 Å². The van der Waals surface area contributed by atoms with Crippen LogP contribution in [-0.4, -0.2) is 30.2 Å². The molecule has 17 heavy (non-hydrogen) atoms. The summed E-state index contributed by atoms with van der Waals surface area (Å²) in [6, 6.07) is 5.64. The number of sulfonamides is 1. The van der Waals surface area contributed by atoms with Crippen molar-refractivity contribution in [2.45, 2.75) is 11.3 Å². The number of hydrogen-bond donors (Lipinski definition) is 0. The Hall–Kier alpha value is -1.15. The van der Waals surface area contributed by atoms with Crippen LogP contribution >= 0.6 is 11.9 Å². The number of fused-ring (bicyclic) bond motifs is 1. The summed E-state index contributed by atoms with van der Waals surface area (Å²) in [5.41, 5.74) is 0.0225. The Labute approximate surface area is 101 Å². The van der Waals surface area contributed by atoms with E-state index in [-0.39, 0.29) is 10.5 Å². The molecule has 8 heteroatoms. The molecule has 1 aliphatic rings. The van der Waals surface area contributed by atoms with Gasteiger partial charge in [0.1, 0.15) is 4.90 Å². The number of halogens is 2. The minimum atomic E-state index is -3.98. The van der Waals surface area contributed by atoms with Crippen molar-refractivity contribution in [3.05, 3.63) is 29.8 Å². The predicted octanol–water partition coefficient (Wildman–Crippen LogP) is 1.74. The fraction of sp³-hybridized carbons (Fsp3) is 0.222. The van der Waals surface area contributed by atoms with E-state index in [1.54, 1.807) is 0 Å². The van der Waals surface area contributed by atoms with Gasteiger partial charge in [-0.05, 0) is 24.1 Å².